The summed E-state index contributed by atoms with van der Waals surface area (Å²) >= 11 is 0. The number of rotatable bonds is 1. The van der Waals surface area contributed by atoms with Crippen LogP contribution in [0.2, 0.25) is 0 Å². The van der Waals surface area contributed by atoms with Crippen molar-refractivity contribution in [3.05, 3.63) is 30.0 Å². The summed E-state index contributed by atoms with van der Waals surface area (Å²) in [6, 6.07) is 4.59. The molecule has 0 aliphatic carbocycles. The summed E-state index contributed by atoms with van der Waals surface area (Å²) in [6.45, 7) is 0. The minimum Gasteiger partial charge on any atom is -0.507 e. The second-order valence-corrected chi connectivity index (χ2v) is 3.12. The van der Waals surface area contributed by atoms with Crippen LogP contribution < -0.4 is 5.73 Å². The Morgan fingerprint density at radius 3 is 2.80 bits per heavy atom. The molecule has 0 atom stereocenters. The first kappa shape index (κ1) is 9.52. The third-order valence-electron chi connectivity index (χ3n) is 2.17. The monoisotopic (exact) mass is 198 g/mol. The molecule has 0 saturated heterocycles. The van der Waals surface area contributed by atoms with Crippen LogP contribution in [0.3, 0.4) is 0 Å². The predicted molar refractivity (Wildman–Crippen MR) is 57.9 cm³/mol. The number of hydrogen-bond donors (Lipinski definition) is 2. The number of carbonyl (C=O) groups excluding carboxylic acids is 1. The van der Waals surface area contributed by atoms with E-state index >= 15 is 0 Å². The molecule has 2 aromatic rings. The summed E-state index contributed by atoms with van der Waals surface area (Å²) in [7, 11) is 5.15. The quantitative estimate of drug-likeness (QED) is 0.665. The van der Waals surface area contributed by atoms with Gasteiger partial charge in [0.05, 0.1) is 11.1 Å². The number of aromatic hydroxyl groups is 1. The average Bonchev–Trinajstić information content (AvgIpc) is 2.17. The van der Waals surface area contributed by atoms with E-state index in [9.17, 15) is 9.90 Å². The van der Waals surface area contributed by atoms with Gasteiger partial charge in [0.1, 0.15) is 11.4 Å². The van der Waals surface area contributed by atoms with E-state index in [1.54, 1.807) is 12.1 Å². The normalized spacial score (nSPS) is 10.4. The van der Waals surface area contributed by atoms with Crippen molar-refractivity contribution in [2.45, 2.75) is 0 Å². The Hall–Kier alpha value is -2.04. The predicted octanol–water partition coefficient (Wildman–Crippen LogP) is 0.831. The Balaban J connectivity index is 2.94. The number of phenols is 1. The molecule has 1 heterocycles. The molecule has 0 unspecified atom stereocenters. The second-order valence-electron chi connectivity index (χ2n) is 3.12. The summed E-state index contributed by atoms with van der Waals surface area (Å²) in [6.07, 6.45) is 1.46. The molecule has 4 nitrogen and oxygen atoms in total. The minimum absolute atomic E-state index is 0.000185. The Morgan fingerprint density at radius 1 is 1.40 bits per heavy atom. The molecule has 0 aliphatic heterocycles. The van der Waals surface area contributed by atoms with E-state index in [0.717, 1.165) is 0 Å². The van der Waals surface area contributed by atoms with E-state index in [-0.39, 0.29) is 11.3 Å². The number of nitrogens with zero attached hydrogens (tertiary/aromatic N) is 1. The van der Waals surface area contributed by atoms with Gasteiger partial charge in [-0.2, -0.15) is 0 Å². The third-order valence-corrected chi connectivity index (χ3v) is 2.17. The smallest absolute Gasteiger partial charge is 0.175 e. The zero-order chi connectivity index (χ0) is 11.0. The van der Waals surface area contributed by atoms with Crippen molar-refractivity contribution in [3.8, 4) is 5.75 Å². The largest absolute Gasteiger partial charge is 0.507 e. The van der Waals surface area contributed by atoms with Gasteiger partial charge in [-0.05, 0) is 18.2 Å². The molecule has 1 aromatic carbocycles. The maximum Gasteiger partial charge on any atom is 0.175 e. The van der Waals surface area contributed by atoms with Gasteiger partial charge in [-0.3, -0.25) is 4.98 Å². The Morgan fingerprint density at radius 2 is 2.13 bits per heavy atom. The van der Waals surface area contributed by atoms with Gasteiger partial charge in [0, 0.05) is 17.3 Å². The van der Waals surface area contributed by atoms with Crippen LogP contribution in [0.5, 0.6) is 5.75 Å². The molecule has 3 N–H and O–H groups in total. The highest BCUT2D eigenvalue weighted by molar-refractivity contribution is 6.63. The van der Waals surface area contributed by atoms with Crippen LogP contribution in [-0.2, 0) is 0 Å². The summed E-state index contributed by atoms with van der Waals surface area (Å²) in [5, 5.41) is 10.1. The second kappa shape index (κ2) is 3.27. The third kappa shape index (κ3) is 1.42. The Kier molecular flexibility index (Phi) is 2.08. The summed E-state index contributed by atoms with van der Waals surface area (Å²) < 4.78 is 0. The van der Waals surface area contributed by atoms with E-state index in [0.29, 0.717) is 16.6 Å². The summed E-state index contributed by atoms with van der Waals surface area (Å²) in [4.78, 5) is 15.1. The molecule has 5 heteroatoms. The molecule has 0 aliphatic rings. The standard InChI is InChI=1S/C10H7BN2O2/c11-10(15)8-7(14)2-1-5-6(12)3-4-13-9(5)8/h1-4,14H,(H2,12,13). The zero-order valence-electron chi connectivity index (χ0n) is 7.77. The van der Waals surface area contributed by atoms with E-state index in [2.05, 4.69) is 4.98 Å². The van der Waals surface area contributed by atoms with Crippen molar-refractivity contribution in [2.75, 3.05) is 5.73 Å². The fraction of sp³-hybridized carbons (Fsp3) is 0. The van der Waals surface area contributed by atoms with Gasteiger partial charge in [0.15, 0.2) is 7.85 Å². The van der Waals surface area contributed by atoms with Crippen molar-refractivity contribution in [1.29, 1.82) is 0 Å². The maximum atomic E-state index is 11.1. The van der Waals surface area contributed by atoms with Crippen molar-refractivity contribution >= 4 is 30.1 Å². The molecule has 0 fully saturated rings. The number of phenolic OH excluding ortho intramolecular Hbond substituents is 1. The zero-order valence-corrected chi connectivity index (χ0v) is 7.77. The summed E-state index contributed by atoms with van der Waals surface area (Å²) in [5.74, 6) is -0.187. The molecule has 0 spiro atoms. The van der Waals surface area contributed by atoms with Gasteiger partial charge >= 0.3 is 0 Å². The molecular formula is C10H7BN2O2. The highest BCUT2D eigenvalue weighted by Gasteiger charge is 2.12. The van der Waals surface area contributed by atoms with Crippen molar-refractivity contribution in [1.82, 2.24) is 4.98 Å². The van der Waals surface area contributed by atoms with Crippen LogP contribution in [0.1, 0.15) is 10.4 Å². The number of pyridine rings is 1. The van der Waals surface area contributed by atoms with E-state index in [4.69, 9.17) is 13.6 Å². The number of carbonyl (C=O) groups is 1. The van der Waals surface area contributed by atoms with Crippen LogP contribution in [0.15, 0.2) is 24.4 Å². The molecular weight excluding hydrogens is 191 g/mol. The first-order valence-corrected chi connectivity index (χ1v) is 4.27. The molecule has 1 aromatic heterocycles. The Bertz CT molecular complexity index is 554. The number of fused-ring (bicyclic) bond motifs is 1. The van der Waals surface area contributed by atoms with E-state index in [1.165, 1.54) is 12.3 Å². The van der Waals surface area contributed by atoms with Crippen molar-refractivity contribution in [3.63, 3.8) is 0 Å². The fourth-order valence-electron chi connectivity index (χ4n) is 1.47. The van der Waals surface area contributed by atoms with E-state index < -0.39 is 5.68 Å². The lowest BCUT2D eigenvalue weighted by Gasteiger charge is -2.06. The molecule has 0 saturated carbocycles. The minimum atomic E-state index is -0.726. The lowest BCUT2D eigenvalue weighted by atomic mass is 9.92. The van der Waals surface area contributed by atoms with Crippen LogP contribution in [0, 0.1) is 0 Å². The average molecular weight is 198 g/mol. The summed E-state index contributed by atoms with van der Waals surface area (Å²) in [5.41, 5.74) is 5.79. The van der Waals surface area contributed by atoms with Gasteiger partial charge < -0.3 is 15.6 Å². The number of hydrogen-bond acceptors (Lipinski definition) is 4. The SMILES string of the molecule is [B]C(=O)c1c(O)ccc2c(N)ccnc12. The topological polar surface area (TPSA) is 76.2 Å². The molecule has 15 heavy (non-hydrogen) atoms. The Labute approximate surface area is 87.1 Å². The van der Waals surface area contributed by atoms with Crippen molar-refractivity contribution in [2.24, 2.45) is 0 Å². The number of nitrogen functional groups attached to an aromatic ring is 1. The number of anilines is 1. The molecule has 0 bridgehead atoms. The molecule has 2 rings (SSSR count). The van der Waals surface area contributed by atoms with Gasteiger partial charge in [0.25, 0.3) is 0 Å². The molecule has 0 amide bonds. The first-order chi connectivity index (χ1) is 7.11. The fourth-order valence-corrected chi connectivity index (χ4v) is 1.47. The van der Waals surface area contributed by atoms with Gasteiger partial charge in [-0.15, -0.1) is 0 Å². The van der Waals surface area contributed by atoms with Crippen LogP contribution in [0.4, 0.5) is 5.69 Å². The van der Waals surface area contributed by atoms with Gasteiger partial charge in [0.2, 0.25) is 0 Å². The van der Waals surface area contributed by atoms with Crippen molar-refractivity contribution < 1.29 is 9.90 Å². The maximum absolute atomic E-state index is 11.1. The van der Waals surface area contributed by atoms with E-state index in [1.807, 2.05) is 0 Å². The highest BCUT2D eigenvalue weighted by atomic mass is 16.3. The number of aromatic nitrogens is 1. The van der Waals surface area contributed by atoms with Gasteiger partial charge in [-0.1, -0.05) is 0 Å². The molecule has 2 radical (unpaired) electrons. The highest BCUT2D eigenvalue weighted by Crippen LogP contribution is 2.28. The van der Waals surface area contributed by atoms with Crippen LogP contribution in [-0.4, -0.2) is 23.6 Å². The number of nitrogens with two attached hydrogens (primary N) is 1. The molecule has 72 valence electrons. The number of benzene rings is 1. The van der Waals surface area contributed by atoms with Crippen LogP contribution >= 0.6 is 0 Å². The van der Waals surface area contributed by atoms with Crippen LogP contribution in [0.25, 0.3) is 10.9 Å². The van der Waals surface area contributed by atoms with Gasteiger partial charge in [-0.25, -0.2) is 0 Å². The lowest BCUT2D eigenvalue weighted by Crippen LogP contribution is -2.01. The lowest BCUT2D eigenvalue weighted by molar-refractivity contribution is 0.107. The first-order valence-electron chi connectivity index (χ1n) is 4.27.